The van der Waals surface area contributed by atoms with Crippen LogP contribution in [0, 0.1) is 5.82 Å². The Morgan fingerprint density at radius 2 is 2.19 bits per heavy atom. The van der Waals surface area contributed by atoms with Crippen LogP contribution in [0.2, 0.25) is 0 Å². The summed E-state index contributed by atoms with van der Waals surface area (Å²) in [5.41, 5.74) is 6.26. The highest BCUT2D eigenvalue weighted by atomic mass is 19.1. The summed E-state index contributed by atoms with van der Waals surface area (Å²) in [5, 5.41) is 0. The summed E-state index contributed by atoms with van der Waals surface area (Å²) in [6.07, 6.45) is 1.67. The number of hydrogen-bond donors (Lipinski definition) is 1. The summed E-state index contributed by atoms with van der Waals surface area (Å²) in [7, 11) is 1.43. The van der Waals surface area contributed by atoms with Crippen LogP contribution >= 0.6 is 0 Å². The number of halogens is 1. The Labute approximate surface area is 92.1 Å². The predicted octanol–water partition coefficient (Wildman–Crippen LogP) is 1.51. The van der Waals surface area contributed by atoms with Gasteiger partial charge in [0.1, 0.15) is 0 Å². The molecule has 2 aliphatic rings. The first-order valence-electron chi connectivity index (χ1n) is 5.11. The van der Waals surface area contributed by atoms with Crippen LogP contribution in [0.5, 0.6) is 17.2 Å². The van der Waals surface area contributed by atoms with E-state index in [-0.39, 0.29) is 18.3 Å². The Morgan fingerprint density at radius 3 is 2.81 bits per heavy atom. The lowest BCUT2D eigenvalue weighted by atomic mass is 10.0. The molecule has 0 amide bonds. The molecule has 0 unspecified atom stereocenters. The highest BCUT2D eigenvalue weighted by Crippen LogP contribution is 2.51. The Hall–Kier alpha value is -1.49. The van der Waals surface area contributed by atoms with Crippen molar-refractivity contribution in [1.29, 1.82) is 0 Å². The second-order valence-electron chi connectivity index (χ2n) is 4.16. The Kier molecular flexibility index (Phi) is 1.83. The lowest BCUT2D eigenvalue weighted by Gasteiger charge is -2.15. The van der Waals surface area contributed by atoms with Crippen LogP contribution < -0.4 is 19.9 Å². The van der Waals surface area contributed by atoms with E-state index in [4.69, 9.17) is 19.9 Å². The number of rotatable bonds is 2. The molecule has 5 heteroatoms. The molecule has 86 valence electrons. The SMILES string of the molecule is COc1c(C2(N)CC2)cc2c(c1F)OCO2. The molecular weight excluding hydrogens is 213 g/mol. The molecule has 1 aliphatic heterocycles. The summed E-state index contributed by atoms with van der Waals surface area (Å²) in [4.78, 5) is 0. The van der Waals surface area contributed by atoms with E-state index in [1.165, 1.54) is 7.11 Å². The van der Waals surface area contributed by atoms with Gasteiger partial charge < -0.3 is 19.9 Å². The van der Waals surface area contributed by atoms with Crippen molar-refractivity contribution in [1.82, 2.24) is 0 Å². The Balaban J connectivity index is 2.21. The van der Waals surface area contributed by atoms with Crippen LogP contribution in [-0.2, 0) is 5.54 Å². The van der Waals surface area contributed by atoms with Gasteiger partial charge in [0.25, 0.3) is 0 Å². The zero-order valence-electron chi connectivity index (χ0n) is 8.88. The van der Waals surface area contributed by atoms with Crippen LogP contribution in [-0.4, -0.2) is 13.9 Å². The average molecular weight is 225 g/mol. The zero-order valence-corrected chi connectivity index (χ0v) is 8.88. The largest absolute Gasteiger partial charge is 0.493 e. The van der Waals surface area contributed by atoms with Crippen LogP contribution in [0.15, 0.2) is 6.07 Å². The minimum atomic E-state index is -0.524. The molecule has 0 spiro atoms. The molecule has 2 N–H and O–H groups in total. The maximum Gasteiger partial charge on any atom is 0.231 e. The van der Waals surface area contributed by atoms with E-state index < -0.39 is 11.4 Å². The third-order valence-corrected chi connectivity index (χ3v) is 3.09. The molecule has 4 nitrogen and oxygen atoms in total. The second kappa shape index (κ2) is 3.01. The third kappa shape index (κ3) is 1.18. The number of fused-ring (bicyclic) bond motifs is 1. The van der Waals surface area contributed by atoms with Crippen molar-refractivity contribution in [3.8, 4) is 17.2 Å². The van der Waals surface area contributed by atoms with Gasteiger partial charge in [-0.05, 0) is 18.9 Å². The maximum atomic E-state index is 14.0. The number of hydrogen-bond acceptors (Lipinski definition) is 4. The van der Waals surface area contributed by atoms with Gasteiger partial charge >= 0.3 is 0 Å². The fourth-order valence-corrected chi connectivity index (χ4v) is 1.96. The van der Waals surface area contributed by atoms with Gasteiger partial charge in [0, 0.05) is 11.1 Å². The van der Waals surface area contributed by atoms with E-state index in [1.54, 1.807) is 6.07 Å². The van der Waals surface area contributed by atoms with Gasteiger partial charge in [-0.25, -0.2) is 0 Å². The summed E-state index contributed by atoms with van der Waals surface area (Å²) in [6.45, 7) is 0.0381. The summed E-state index contributed by atoms with van der Waals surface area (Å²) < 4.78 is 29.3. The summed E-state index contributed by atoms with van der Waals surface area (Å²) in [5.74, 6) is 0.170. The zero-order chi connectivity index (χ0) is 11.3. The lowest BCUT2D eigenvalue weighted by Crippen LogP contribution is -2.20. The number of methoxy groups -OCH3 is 1. The van der Waals surface area contributed by atoms with Gasteiger partial charge in [0.2, 0.25) is 18.4 Å². The molecule has 16 heavy (non-hydrogen) atoms. The molecule has 1 fully saturated rings. The summed E-state index contributed by atoms with van der Waals surface area (Å²) in [6, 6.07) is 1.72. The molecule has 0 aromatic heterocycles. The van der Waals surface area contributed by atoms with E-state index in [0.717, 1.165) is 12.8 Å². The topological polar surface area (TPSA) is 53.7 Å². The fourth-order valence-electron chi connectivity index (χ4n) is 1.96. The maximum absolute atomic E-state index is 14.0. The van der Waals surface area contributed by atoms with Gasteiger partial charge in [0.15, 0.2) is 11.5 Å². The van der Waals surface area contributed by atoms with Gasteiger partial charge in [-0.3, -0.25) is 0 Å². The van der Waals surface area contributed by atoms with E-state index >= 15 is 0 Å². The smallest absolute Gasteiger partial charge is 0.231 e. The first-order chi connectivity index (χ1) is 7.65. The molecular formula is C11H12FNO3. The Bertz CT molecular complexity index is 457. The molecule has 1 aromatic rings. The van der Waals surface area contributed by atoms with Crippen molar-refractivity contribution >= 4 is 0 Å². The van der Waals surface area contributed by atoms with Crippen LogP contribution in [0.4, 0.5) is 4.39 Å². The van der Waals surface area contributed by atoms with E-state index in [9.17, 15) is 4.39 Å². The van der Waals surface area contributed by atoms with Crippen molar-refractivity contribution < 1.29 is 18.6 Å². The highest BCUT2D eigenvalue weighted by Gasteiger charge is 2.44. The van der Waals surface area contributed by atoms with Crippen molar-refractivity contribution in [3.05, 3.63) is 17.4 Å². The van der Waals surface area contributed by atoms with E-state index in [2.05, 4.69) is 0 Å². The third-order valence-electron chi connectivity index (χ3n) is 3.09. The first-order valence-corrected chi connectivity index (χ1v) is 5.11. The first kappa shape index (κ1) is 9.72. The van der Waals surface area contributed by atoms with Crippen LogP contribution in [0.3, 0.4) is 0 Å². The second-order valence-corrected chi connectivity index (χ2v) is 4.16. The highest BCUT2D eigenvalue weighted by molar-refractivity contribution is 5.56. The van der Waals surface area contributed by atoms with Gasteiger partial charge in [-0.2, -0.15) is 4.39 Å². The van der Waals surface area contributed by atoms with E-state index in [1.807, 2.05) is 0 Å². The predicted molar refractivity (Wildman–Crippen MR) is 54.2 cm³/mol. The minimum Gasteiger partial charge on any atom is -0.493 e. The fraction of sp³-hybridized carbons (Fsp3) is 0.455. The van der Waals surface area contributed by atoms with Crippen LogP contribution in [0.1, 0.15) is 18.4 Å². The molecule has 0 radical (unpaired) electrons. The molecule has 0 saturated heterocycles. The molecule has 0 bridgehead atoms. The number of benzene rings is 1. The molecule has 1 aliphatic carbocycles. The summed E-state index contributed by atoms with van der Waals surface area (Å²) >= 11 is 0. The van der Waals surface area contributed by atoms with Gasteiger partial charge in [-0.1, -0.05) is 0 Å². The molecule has 3 rings (SSSR count). The number of nitrogens with two attached hydrogens (primary N) is 1. The van der Waals surface area contributed by atoms with Crippen LogP contribution in [0.25, 0.3) is 0 Å². The van der Waals surface area contributed by atoms with Crippen molar-refractivity contribution in [2.75, 3.05) is 13.9 Å². The average Bonchev–Trinajstić information content (AvgIpc) is 2.84. The molecule has 0 atom stereocenters. The van der Waals surface area contributed by atoms with Crippen molar-refractivity contribution in [2.24, 2.45) is 5.73 Å². The quantitative estimate of drug-likeness (QED) is 0.828. The monoisotopic (exact) mass is 225 g/mol. The van der Waals surface area contributed by atoms with Crippen molar-refractivity contribution in [2.45, 2.75) is 18.4 Å². The molecule has 1 heterocycles. The number of ether oxygens (including phenoxy) is 3. The van der Waals surface area contributed by atoms with Gasteiger partial charge in [-0.15, -0.1) is 0 Å². The minimum absolute atomic E-state index is 0.0381. The lowest BCUT2D eigenvalue weighted by molar-refractivity contribution is 0.170. The van der Waals surface area contributed by atoms with Gasteiger partial charge in [0.05, 0.1) is 7.11 Å². The standard InChI is InChI=1S/C11H12FNO3/c1-14-9-6(11(13)2-3-11)4-7-10(8(9)12)16-5-15-7/h4H,2-3,5,13H2,1H3. The Morgan fingerprint density at radius 1 is 1.44 bits per heavy atom. The van der Waals surface area contributed by atoms with E-state index in [0.29, 0.717) is 11.3 Å². The molecule has 1 aromatic carbocycles. The van der Waals surface area contributed by atoms with Crippen molar-refractivity contribution in [3.63, 3.8) is 0 Å². The normalized spacial score (nSPS) is 19.7. The molecule has 1 saturated carbocycles.